The first-order valence-corrected chi connectivity index (χ1v) is 6.49. The van der Waals surface area contributed by atoms with E-state index in [0.717, 1.165) is 19.6 Å². The molecule has 0 bridgehead atoms. The third-order valence-corrected chi connectivity index (χ3v) is 4.64. The van der Waals surface area contributed by atoms with Crippen molar-refractivity contribution in [3.63, 3.8) is 0 Å². The minimum absolute atomic E-state index is 0.202. The van der Waals surface area contributed by atoms with E-state index in [-0.39, 0.29) is 6.04 Å². The zero-order valence-corrected chi connectivity index (χ0v) is 9.22. The molecule has 1 saturated heterocycles. The van der Waals surface area contributed by atoms with Crippen molar-refractivity contribution in [2.24, 2.45) is 10.1 Å². The molecule has 1 atom stereocenters. The molecule has 5 heteroatoms. The summed E-state index contributed by atoms with van der Waals surface area (Å²) in [4.78, 5) is 2.26. The zero-order valence-electron chi connectivity index (χ0n) is 8.40. The molecule has 1 fully saturated rings. The summed E-state index contributed by atoms with van der Waals surface area (Å²) in [6.07, 6.45) is 0. The molecule has 0 saturated carbocycles. The van der Waals surface area contributed by atoms with Gasteiger partial charge in [0.15, 0.2) is 0 Å². The molecule has 1 heterocycles. The van der Waals surface area contributed by atoms with Gasteiger partial charge in [0.05, 0.1) is 0 Å². The van der Waals surface area contributed by atoms with Crippen LogP contribution in [0.2, 0.25) is 0 Å². The van der Waals surface area contributed by atoms with Gasteiger partial charge in [-0.2, -0.15) is 0 Å². The van der Waals surface area contributed by atoms with Gasteiger partial charge in [0.25, 0.3) is 0 Å². The van der Waals surface area contributed by atoms with Crippen LogP contribution in [0.15, 0.2) is 4.36 Å². The molecule has 0 unspecified atom stereocenters. The minimum atomic E-state index is -1.85. The van der Waals surface area contributed by atoms with Crippen LogP contribution in [-0.4, -0.2) is 53.3 Å². The molecule has 13 heavy (non-hydrogen) atoms. The molecule has 2 N–H and O–H groups in total. The molecule has 0 radical (unpaired) electrons. The molecule has 0 spiro atoms. The van der Waals surface area contributed by atoms with Gasteiger partial charge in [0.2, 0.25) is 0 Å². The Kier molecular flexibility index (Phi) is 3.70. The van der Waals surface area contributed by atoms with Crippen LogP contribution in [0.4, 0.5) is 0 Å². The van der Waals surface area contributed by atoms with E-state index in [1.807, 2.05) is 6.92 Å². The van der Waals surface area contributed by atoms with Crippen LogP contribution in [0.1, 0.15) is 6.92 Å². The van der Waals surface area contributed by atoms with Gasteiger partial charge >= 0.3 is 0 Å². The number of rotatable bonds is 2. The van der Waals surface area contributed by atoms with Crippen LogP contribution in [0.3, 0.4) is 0 Å². The zero-order chi connectivity index (χ0) is 9.90. The van der Waals surface area contributed by atoms with E-state index < -0.39 is 9.73 Å². The van der Waals surface area contributed by atoms with Crippen LogP contribution in [-0.2, 0) is 9.73 Å². The molecule has 1 aliphatic rings. The largest absolute Gasteiger partial charge is 0.327 e. The fourth-order valence-electron chi connectivity index (χ4n) is 1.53. The highest BCUT2D eigenvalue weighted by atomic mass is 32.2. The standard InChI is InChI=1S/C8H19N3OS/c1-8(9)7-11-3-5-13(12,10-2)6-4-11/h8H,3-7,9H2,1-2H3/t8-/m0/s1. The molecule has 0 aromatic heterocycles. The summed E-state index contributed by atoms with van der Waals surface area (Å²) in [5.41, 5.74) is 5.69. The Hall–Kier alpha value is -0.130. The third kappa shape index (κ3) is 3.25. The second-order valence-electron chi connectivity index (χ2n) is 3.64. The quantitative estimate of drug-likeness (QED) is 0.676. The number of hydrogen-bond donors (Lipinski definition) is 1. The number of hydrogen-bond acceptors (Lipinski definition) is 4. The Bertz CT molecular complexity index is 255. The monoisotopic (exact) mass is 205 g/mol. The molecule has 78 valence electrons. The van der Waals surface area contributed by atoms with Gasteiger partial charge in [-0.15, -0.1) is 0 Å². The number of nitrogens with zero attached hydrogens (tertiary/aromatic N) is 2. The second-order valence-corrected chi connectivity index (χ2v) is 6.37. The Labute approximate surface area is 80.7 Å². The van der Waals surface area contributed by atoms with Gasteiger partial charge < -0.3 is 5.73 Å². The van der Waals surface area contributed by atoms with Crippen LogP contribution in [0.25, 0.3) is 0 Å². The lowest BCUT2D eigenvalue weighted by Gasteiger charge is -2.29. The minimum Gasteiger partial charge on any atom is -0.327 e. The van der Waals surface area contributed by atoms with E-state index in [4.69, 9.17) is 5.73 Å². The number of nitrogens with two attached hydrogens (primary N) is 1. The van der Waals surface area contributed by atoms with Crippen LogP contribution in [0, 0.1) is 0 Å². The van der Waals surface area contributed by atoms with Crippen molar-refractivity contribution >= 4 is 9.73 Å². The summed E-state index contributed by atoms with van der Waals surface area (Å²) in [5.74, 6) is 1.41. The lowest BCUT2D eigenvalue weighted by atomic mass is 10.3. The summed E-state index contributed by atoms with van der Waals surface area (Å²) in [7, 11) is -0.198. The Morgan fingerprint density at radius 2 is 2.08 bits per heavy atom. The molecular formula is C8H19N3OS. The molecule has 0 amide bonds. The van der Waals surface area contributed by atoms with Gasteiger partial charge in [-0.25, -0.2) is 8.57 Å². The molecule has 4 nitrogen and oxygen atoms in total. The summed E-state index contributed by atoms with van der Waals surface area (Å²) in [6.45, 7) is 4.64. The highest BCUT2D eigenvalue weighted by molar-refractivity contribution is 7.93. The van der Waals surface area contributed by atoms with Crippen molar-refractivity contribution in [3.8, 4) is 0 Å². The van der Waals surface area contributed by atoms with Crippen molar-refractivity contribution in [2.75, 3.05) is 38.2 Å². The smallest absolute Gasteiger partial charge is 0.0490 e. The highest BCUT2D eigenvalue weighted by Crippen LogP contribution is 2.06. The maximum atomic E-state index is 11.8. The van der Waals surface area contributed by atoms with Crippen molar-refractivity contribution in [1.29, 1.82) is 0 Å². The van der Waals surface area contributed by atoms with Crippen LogP contribution >= 0.6 is 0 Å². The van der Waals surface area contributed by atoms with Gasteiger partial charge in [0, 0.05) is 54.0 Å². The molecule has 0 aliphatic carbocycles. The van der Waals surface area contributed by atoms with Crippen molar-refractivity contribution < 1.29 is 4.21 Å². The van der Waals surface area contributed by atoms with Gasteiger partial charge in [-0.05, 0) is 6.92 Å². The predicted molar refractivity (Wildman–Crippen MR) is 56.3 cm³/mol. The highest BCUT2D eigenvalue weighted by Gasteiger charge is 2.19. The first-order valence-electron chi connectivity index (χ1n) is 4.64. The van der Waals surface area contributed by atoms with E-state index in [2.05, 4.69) is 9.26 Å². The van der Waals surface area contributed by atoms with Gasteiger partial charge in [-0.3, -0.25) is 4.90 Å². The van der Waals surface area contributed by atoms with E-state index in [9.17, 15) is 4.21 Å². The van der Waals surface area contributed by atoms with Crippen molar-refractivity contribution in [3.05, 3.63) is 0 Å². The van der Waals surface area contributed by atoms with Crippen LogP contribution in [0.5, 0.6) is 0 Å². The van der Waals surface area contributed by atoms with E-state index in [0.29, 0.717) is 11.5 Å². The maximum absolute atomic E-state index is 11.8. The lowest BCUT2D eigenvalue weighted by Crippen LogP contribution is -2.44. The molecule has 0 aromatic rings. The van der Waals surface area contributed by atoms with Gasteiger partial charge in [-0.1, -0.05) is 0 Å². The SMILES string of the molecule is CN=S1(=O)CCN(C[C@H](C)N)CC1. The summed E-state index contributed by atoms with van der Waals surface area (Å²) in [6, 6.07) is 0.202. The van der Waals surface area contributed by atoms with Crippen molar-refractivity contribution in [1.82, 2.24) is 4.90 Å². The summed E-state index contributed by atoms with van der Waals surface area (Å²) < 4.78 is 15.7. The average Bonchev–Trinajstić information content (AvgIpc) is 2.09. The summed E-state index contributed by atoms with van der Waals surface area (Å²) >= 11 is 0. The third-order valence-electron chi connectivity index (χ3n) is 2.33. The first kappa shape index (κ1) is 10.9. The van der Waals surface area contributed by atoms with Gasteiger partial charge in [0.1, 0.15) is 0 Å². The average molecular weight is 205 g/mol. The topological polar surface area (TPSA) is 58.7 Å². The fraction of sp³-hybridized carbons (Fsp3) is 1.00. The Morgan fingerprint density at radius 1 is 1.54 bits per heavy atom. The molecule has 1 rings (SSSR count). The summed E-state index contributed by atoms with van der Waals surface area (Å²) in [5, 5.41) is 0. The Balaban J connectivity index is 2.44. The molecule has 0 aromatic carbocycles. The van der Waals surface area contributed by atoms with Crippen LogP contribution < -0.4 is 5.73 Å². The predicted octanol–water partition coefficient (Wildman–Crippen LogP) is -0.253. The van der Waals surface area contributed by atoms with E-state index in [1.54, 1.807) is 7.05 Å². The fourth-order valence-corrected chi connectivity index (χ4v) is 3.19. The first-order chi connectivity index (χ1) is 6.06. The Morgan fingerprint density at radius 3 is 2.46 bits per heavy atom. The normalized spacial score (nSPS) is 25.5. The lowest BCUT2D eigenvalue weighted by molar-refractivity contribution is 0.284. The van der Waals surface area contributed by atoms with E-state index >= 15 is 0 Å². The van der Waals surface area contributed by atoms with E-state index in [1.165, 1.54) is 0 Å². The second kappa shape index (κ2) is 4.39. The maximum Gasteiger partial charge on any atom is 0.0490 e. The molecular weight excluding hydrogens is 186 g/mol. The van der Waals surface area contributed by atoms with Crippen molar-refractivity contribution in [2.45, 2.75) is 13.0 Å². The molecule has 1 aliphatic heterocycles.